The third kappa shape index (κ3) is 5.06. The number of nitrogens with one attached hydrogen (secondary N) is 1. The highest BCUT2D eigenvalue weighted by Crippen LogP contribution is 2.09. The Kier molecular flexibility index (Phi) is 7.22. The van der Waals surface area contributed by atoms with Crippen LogP contribution in [0.25, 0.3) is 0 Å². The van der Waals surface area contributed by atoms with Crippen molar-refractivity contribution in [3.8, 4) is 0 Å². The zero-order chi connectivity index (χ0) is 17.6. The molecule has 1 aromatic rings. The summed E-state index contributed by atoms with van der Waals surface area (Å²) in [5.74, 6) is -0.219. The molecule has 0 spiro atoms. The van der Waals surface area contributed by atoms with Crippen LogP contribution in [0.2, 0.25) is 0 Å². The Morgan fingerprint density at radius 2 is 1.96 bits per heavy atom. The number of carbonyl (C=O) groups excluding carboxylic acids is 1. The van der Waals surface area contributed by atoms with Crippen LogP contribution in [0.4, 0.5) is 5.82 Å². The number of carbonyl (C=O) groups is 1. The summed E-state index contributed by atoms with van der Waals surface area (Å²) >= 11 is 0. The summed E-state index contributed by atoms with van der Waals surface area (Å²) in [6.07, 6.45) is 2.02. The Labute approximate surface area is 136 Å². The van der Waals surface area contributed by atoms with Crippen molar-refractivity contribution in [2.45, 2.75) is 47.1 Å². The van der Waals surface area contributed by atoms with E-state index in [0.29, 0.717) is 6.54 Å². The standard InChI is InChI=1S/C16H28N4O3/c1-5-7-8-19(6-2)10-12(21)13-14(17)20(9-11(3)4)16(23)18-15(13)22/h11H,5-10,17H2,1-4H3,(H,18,22,23). The summed E-state index contributed by atoms with van der Waals surface area (Å²) in [6.45, 7) is 9.91. The van der Waals surface area contributed by atoms with Gasteiger partial charge in [0.1, 0.15) is 11.4 Å². The van der Waals surface area contributed by atoms with Crippen LogP contribution in [-0.4, -0.2) is 39.9 Å². The molecule has 0 amide bonds. The summed E-state index contributed by atoms with van der Waals surface area (Å²) in [5.41, 5.74) is 4.57. The lowest BCUT2D eigenvalue weighted by atomic mass is 10.1. The molecule has 0 saturated heterocycles. The van der Waals surface area contributed by atoms with Crippen molar-refractivity contribution in [1.29, 1.82) is 0 Å². The van der Waals surface area contributed by atoms with Gasteiger partial charge >= 0.3 is 5.69 Å². The lowest BCUT2D eigenvalue weighted by Crippen LogP contribution is -2.40. The molecule has 0 radical (unpaired) electrons. The number of aromatic nitrogens is 2. The monoisotopic (exact) mass is 324 g/mol. The molecule has 0 aliphatic rings. The molecule has 0 fully saturated rings. The summed E-state index contributed by atoms with van der Waals surface area (Å²) in [5, 5.41) is 0. The first-order valence-corrected chi connectivity index (χ1v) is 8.19. The van der Waals surface area contributed by atoms with Gasteiger partial charge in [-0.05, 0) is 25.4 Å². The summed E-state index contributed by atoms with van der Waals surface area (Å²) in [6, 6.07) is 0. The number of Topliss-reactive ketones (excluding diaryl/α,β-unsaturated/α-hetero) is 1. The van der Waals surface area contributed by atoms with Gasteiger partial charge in [-0.3, -0.25) is 24.0 Å². The van der Waals surface area contributed by atoms with E-state index in [0.717, 1.165) is 25.9 Å². The largest absolute Gasteiger partial charge is 0.384 e. The van der Waals surface area contributed by atoms with Gasteiger partial charge in [-0.25, -0.2) is 4.79 Å². The van der Waals surface area contributed by atoms with E-state index < -0.39 is 11.2 Å². The number of ketones is 1. The summed E-state index contributed by atoms with van der Waals surface area (Å²) in [7, 11) is 0. The van der Waals surface area contributed by atoms with Crippen molar-refractivity contribution in [2.75, 3.05) is 25.4 Å². The zero-order valence-corrected chi connectivity index (χ0v) is 14.5. The number of rotatable bonds is 9. The fraction of sp³-hybridized carbons (Fsp3) is 0.688. The molecule has 0 aromatic carbocycles. The highest BCUT2D eigenvalue weighted by molar-refractivity contribution is 6.01. The fourth-order valence-electron chi connectivity index (χ4n) is 2.42. The predicted octanol–water partition coefficient (Wildman–Crippen LogP) is 1.08. The SMILES string of the molecule is CCCCN(CC)CC(=O)c1c(N)n(CC(C)C)c(=O)[nH]c1=O. The minimum absolute atomic E-state index is 0.0380. The molecule has 1 aromatic heterocycles. The lowest BCUT2D eigenvalue weighted by Gasteiger charge is -2.20. The molecule has 0 saturated carbocycles. The molecule has 0 bridgehead atoms. The van der Waals surface area contributed by atoms with Gasteiger partial charge in [0.15, 0.2) is 5.78 Å². The highest BCUT2D eigenvalue weighted by Gasteiger charge is 2.21. The van der Waals surface area contributed by atoms with E-state index in [9.17, 15) is 14.4 Å². The number of hydrogen-bond donors (Lipinski definition) is 2. The smallest absolute Gasteiger partial charge is 0.329 e. The number of nitrogens with zero attached hydrogens (tertiary/aromatic N) is 2. The predicted molar refractivity (Wildman–Crippen MR) is 91.9 cm³/mol. The van der Waals surface area contributed by atoms with E-state index in [2.05, 4.69) is 11.9 Å². The number of aromatic amines is 1. The second kappa shape index (κ2) is 8.67. The number of hydrogen-bond acceptors (Lipinski definition) is 5. The third-order valence-electron chi connectivity index (χ3n) is 3.71. The van der Waals surface area contributed by atoms with Gasteiger partial charge in [0.25, 0.3) is 5.56 Å². The van der Waals surface area contributed by atoms with Crippen LogP contribution in [0, 0.1) is 5.92 Å². The van der Waals surface area contributed by atoms with E-state index in [4.69, 9.17) is 5.73 Å². The van der Waals surface area contributed by atoms with Crippen molar-refractivity contribution < 1.29 is 4.79 Å². The maximum absolute atomic E-state index is 12.5. The van der Waals surface area contributed by atoms with Crippen LogP contribution in [-0.2, 0) is 6.54 Å². The molecule has 7 heteroatoms. The van der Waals surface area contributed by atoms with Crippen molar-refractivity contribution >= 4 is 11.6 Å². The van der Waals surface area contributed by atoms with E-state index in [1.165, 1.54) is 4.57 Å². The van der Waals surface area contributed by atoms with Crippen molar-refractivity contribution in [2.24, 2.45) is 5.92 Å². The van der Waals surface area contributed by atoms with Gasteiger partial charge in [0.2, 0.25) is 0 Å². The minimum Gasteiger partial charge on any atom is -0.384 e. The Morgan fingerprint density at radius 3 is 2.48 bits per heavy atom. The number of unbranched alkanes of at least 4 members (excludes halogenated alkanes) is 1. The second-order valence-corrected chi connectivity index (χ2v) is 6.17. The molecule has 1 heterocycles. The van der Waals surface area contributed by atoms with Crippen molar-refractivity contribution in [3.63, 3.8) is 0 Å². The number of nitrogen functional groups attached to an aromatic ring is 1. The van der Waals surface area contributed by atoms with Gasteiger partial charge in [-0.15, -0.1) is 0 Å². The van der Waals surface area contributed by atoms with Gasteiger partial charge < -0.3 is 5.73 Å². The molecule has 7 nitrogen and oxygen atoms in total. The number of nitrogens with two attached hydrogens (primary N) is 1. The first kappa shape index (κ1) is 19.2. The molecule has 23 heavy (non-hydrogen) atoms. The number of anilines is 1. The van der Waals surface area contributed by atoms with Crippen LogP contribution >= 0.6 is 0 Å². The van der Waals surface area contributed by atoms with E-state index in [-0.39, 0.29) is 29.6 Å². The average Bonchev–Trinajstić information content (AvgIpc) is 2.47. The molecule has 130 valence electrons. The van der Waals surface area contributed by atoms with Crippen LogP contribution < -0.4 is 17.0 Å². The molecule has 0 aliphatic heterocycles. The minimum atomic E-state index is -0.705. The first-order valence-electron chi connectivity index (χ1n) is 8.19. The summed E-state index contributed by atoms with van der Waals surface area (Å²) in [4.78, 5) is 40.6. The van der Waals surface area contributed by atoms with Gasteiger partial charge in [-0.2, -0.15) is 0 Å². The Bertz CT molecular complexity index is 646. The van der Waals surface area contributed by atoms with Crippen LogP contribution in [0.15, 0.2) is 9.59 Å². The van der Waals surface area contributed by atoms with E-state index >= 15 is 0 Å². The summed E-state index contributed by atoms with van der Waals surface area (Å²) < 4.78 is 1.27. The average molecular weight is 324 g/mol. The Hall–Kier alpha value is -1.89. The lowest BCUT2D eigenvalue weighted by molar-refractivity contribution is 0.0931. The molecule has 0 aliphatic carbocycles. The van der Waals surface area contributed by atoms with Gasteiger partial charge in [-0.1, -0.05) is 34.1 Å². The Balaban J connectivity index is 3.13. The maximum Gasteiger partial charge on any atom is 0.329 e. The van der Waals surface area contributed by atoms with Crippen LogP contribution in [0.1, 0.15) is 50.9 Å². The van der Waals surface area contributed by atoms with Gasteiger partial charge in [0.05, 0.1) is 6.54 Å². The molecular weight excluding hydrogens is 296 g/mol. The van der Waals surface area contributed by atoms with Gasteiger partial charge in [0, 0.05) is 6.54 Å². The Morgan fingerprint density at radius 1 is 1.30 bits per heavy atom. The second-order valence-electron chi connectivity index (χ2n) is 6.17. The quantitative estimate of drug-likeness (QED) is 0.662. The van der Waals surface area contributed by atoms with Crippen LogP contribution in [0.3, 0.4) is 0 Å². The number of likely N-dealkylation sites (N-methyl/N-ethyl adjacent to an activating group) is 1. The molecule has 1 rings (SSSR count). The first-order chi connectivity index (χ1) is 10.8. The number of H-pyrrole nitrogens is 1. The molecular formula is C16H28N4O3. The molecule has 0 unspecified atom stereocenters. The van der Waals surface area contributed by atoms with Crippen molar-refractivity contribution in [3.05, 3.63) is 26.4 Å². The zero-order valence-electron chi connectivity index (χ0n) is 14.5. The van der Waals surface area contributed by atoms with Crippen molar-refractivity contribution in [1.82, 2.24) is 14.5 Å². The fourth-order valence-corrected chi connectivity index (χ4v) is 2.42. The van der Waals surface area contributed by atoms with Crippen LogP contribution in [0.5, 0.6) is 0 Å². The maximum atomic E-state index is 12.5. The normalized spacial score (nSPS) is 11.4. The topological polar surface area (TPSA) is 101 Å². The van der Waals surface area contributed by atoms with E-state index in [1.807, 2.05) is 25.7 Å². The third-order valence-corrected chi connectivity index (χ3v) is 3.71. The van der Waals surface area contributed by atoms with E-state index in [1.54, 1.807) is 0 Å². The molecule has 0 atom stereocenters. The molecule has 3 N–H and O–H groups in total. The highest BCUT2D eigenvalue weighted by atomic mass is 16.2.